The summed E-state index contributed by atoms with van der Waals surface area (Å²) in [6.45, 7) is 1.72. The second-order valence-electron chi connectivity index (χ2n) is 5.89. The molecule has 146 valence electrons. The molecule has 0 bridgehead atoms. The van der Waals surface area contributed by atoms with Crippen LogP contribution in [0, 0.1) is 5.92 Å². The van der Waals surface area contributed by atoms with Gasteiger partial charge in [0.15, 0.2) is 11.5 Å². The first-order valence-electron chi connectivity index (χ1n) is 8.31. The number of carbonyl (C=O) groups excluding carboxylic acids is 2. The number of aromatic hydroxyl groups is 2. The number of hydrogen-bond acceptors (Lipinski definition) is 8. The molecule has 0 radical (unpaired) electrons. The lowest BCUT2D eigenvalue weighted by atomic mass is 9.86. The van der Waals surface area contributed by atoms with E-state index in [1.807, 2.05) is 0 Å². The van der Waals surface area contributed by atoms with Crippen LogP contribution in [0.25, 0.3) is 0 Å². The standard InChI is InChI=1S/C19H22O8/c1-3-12-13(14(18(23)25-2)10-27-19(12)24)9-17(22)26-7-6-11-4-5-15(20)16(21)8-11/h3-5,8,10,13,19-21,24H,6-7,9H2,1-2H3/b12-3-/t13-,19?/m0/s1. The highest BCUT2D eigenvalue weighted by molar-refractivity contribution is 5.90. The van der Waals surface area contributed by atoms with E-state index in [1.54, 1.807) is 19.1 Å². The Bertz CT molecular complexity index is 765. The molecule has 3 N–H and O–H groups in total. The molecule has 0 aromatic heterocycles. The molecule has 0 fully saturated rings. The SMILES string of the molecule is C/C=C1\C(O)OC=C(C(=O)OC)[C@H]1CC(=O)OCCc1ccc(O)c(O)c1. The van der Waals surface area contributed by atoms with Crippen LogP contribution in [0.4, 0.5) is 0 Å². The summed E-state index contributed by atoms with van der Waals surface area (Å²) >= 11 is 0. The summed E-state index contributed by atoms with van der Waals surface area (Å²) in [6.07, 6.45) is 1.60. The topological polar surface area (TPSA) is 123 Å². The Morgan fingerprint density at radius 3 is 2.63 bits per heavy atom. The van der Waals surface area contributed by atoms with Crippen molar-refractivity contribution < 1.29 is 39.1 Å². The van der Waals surface area contributed by atoms with Gasteiger partial charge in [-0.1, -0.05) is 12.1 Å². The van der Waals surface area contributed by atoms with Gasteiger partial charge in [0, 0.05) is 17.9 Å². The predicted octanol–water partition coefficient (Wildman–Crippen LogP) is 1.54. The minimum atomic E-state index is -1.25. The second-order valence-corrected chi connectivity index (χ2v) is 5.89. The van der Waals surface area contributed by atoms with E-state index in [2.05, 4.69) is 0 Å². The van der Waals surface area contributed by atoms with Gasteiger partial charge in [0.1, 0.15) is 0 Å². The Labute approximate surface area is 156 Å². The van der Waals surface area contributed by atoms with Gasteiger partial charge in [-0.2, -0.15) is 0 Å². The van der Waals surface area contributed by atoms with Crippen molar-refractivity contribution in [3.8, 4) is 11.5 Å². The van der Waals surface area contributed by atoms with Crippen molar-refractivity contribution in [2.24, 2.45) is 5.92 Å². The van der Waals surface area contributed by atoms with Crippen LogP contribution in [-0.2, 0) is 30.2 Å². The zero-order chi connectivity index (χ0) is 20.0. The van der Waals surface area contributed by atoms with E-state index in [4.69, 9.17) is 14.2 Å². The fourth-order valence-electron chi connectivity index (χ4n) is 2.76. The largest absolute Gasteiger partial charge is 0.504 e. The molecule has 2 rings (SSSR count). The van der Waals surface area contributed by atoms with Crippen LogP contribution >= 0.6 is 0 Å². The number of carbonyl (C=O) groups is 2. The van der Waals surface area contributed by atoms with Crippen LogP contribution in [-0.4, -0.2) is 47.3 Å². The van der Waals surface area contributed by atoms with Crippen LogP contribution in [0.3, 0.4) is 0 Å². The number of phenolic OH excluding ortho intramolecular Hbond substituents is 2. The maximum atomic E-state index is 12.2. The molecule has 1 aromatic carbocycles. The first-order valence-corrected chi connectivity index (χ1v) is 8.31. The number of hydrogen-bond donors (Lipinski definition) is 3. The van der Waals surface area contributed by atoms with Crippen molar-refractivity contribution in [3.05, 3.63) is 47.2 Å². The molecule has 8 nitrogen and oxygen atoms in total. The first-order chi connectivity index (χ1) is 12.9. The predicted molar refractivity (Wildman–Crippen MR) is 93.5 cm³/mol. The highest BCUT2D eigenvalue weighted by atomic mass is 16.6. The average molecular weight is 378 g/mol. The Morgan fingerprint density at radius 2 is 2.00 bits per heavy atom. The smallest absolute Gasteiger partial charge is 0.337 e. The monoisotopic (exact) mass is 378 g/mol. The molecule has 2 atom stereocenters. The molecule has 0 spiro atoms. The lowest BCUT2D eigenvalue weighted by Gasteiger charge is -2.28. The molecule has 27 heavy (non-hydrogen) atoms. The number of methoxy groups -OCH3 is 1. The lowest BCUT2D eigenvalue weighted by molar-refractivity contribution is -0.145. The molecule has 0 aliphatic carbocycles. The van der Waals surface area contributed by atoms with Gasteiger partial charge in [-0.05, 0) is 24.6 Å². The third-order valence-electron chi connectivity index (χ3n) is 4.21. The van der Waals surface area contributed by atoms with Crippen LogP contribution in [0.15, 0.2) is 41.7 Å². The minimum absolute atomic E-state index is 0.0528. The van der Waals surface area contributed by atoms with E-state index in [0.717, 1.165) is 6.26 Å². The van der Waals surface area contributed by atoms with Crippen LogP contribution < -0.4 is 0 Å². The van der Waals surface area contributed by atoms with E-state index >= 15 is 0 Å². The summed E-state index contributed by atoms with van der Waals surface area (Å²) in [5.41, 5.74) is 1.18. The third-order valence-corrected chi connectivity index (χ3v) is 4.21. The molecule has 8 heteroatoms. The van der Waals surface area contributed by atoms with Crippen molar-refractivity contribution >= 4 is 11.9 Å². The highest BCUT2D eigenvalue weighted by Crippen LogP contribution is 2.33. The molecule has 1 unspecified atom stereocenters. The number of benzene rings is 1. The Hall–Kier alpha value is -3.00. The van der Waals surface area contributed by atoms with E-state index in [0.29, 0.717) is 17.6 Å². The molecular formula is C19H22O8. The Morgan fingerprint density at radius 1 is 1.26 bits per heavy atom. The fraction of sp³-hybridized carbons (Fsp3) is 0.368. The average Bonchev–Trinajstić information content (AvgIpc) is 2.64. The van der Waals surface area contributed by atoms with Gasteiger partial charge in [-0.3, -0.25) is 4.79 Å². The van der Waals surface area contributed by atoms with Gasteiger partial charge < -0.3 is 29.5 Å². The molecular weight excluding hydrogens is 356 g/mol. The van der Waals surface area contributed by atoms with Gasteiger partial charge in [0.25, 0.3) is 0 Å². The molecule has 0 amide bonds. The number of phenols is 2. The number of esters is 2. The molecule has 0 saturated heterocycles. The van der Waals surface area contributed by atoms with Crippen molar-refractivity contribution in [2.45, 2.75) is 26.1 Å². The van der Waals surface area contributed by atoms with Crippen LogP contribution in [0.2, 0.25) is 0 Å². The van der Waals surface area contributed by atoms with E-state index in [1.165, 1.54) is 19.2 Å². The summed E-state index contributed by atoms with van der Waals surface area (Å²) in [4.78, 5) is 24.1. The maximum absolute atomic E-state index is 12.2. The van der Waals surface area contributed by atoms with Gasteiger partial charge in [0.05, 0.1) is 32.0 Å². The molecule has 1 aliphatic heterocycles. The minimum Gasteiger partial charge on any atom is -0.504 e. The van der Waals surface area contributed by atoms with E-state index < -0.39 is 24.1 Å². The third kappa shape index (κ3) is 5.01. The normalized spacial score (nSPS) is 20.6. The van der Waals surface area contributed by atoms with E-state index in [9.17, 15) is 24.9 Å². The maximum Gasteiger partial charge on any atom is 0.337 e. The summed E-state index contributed by atoms with van der Waals surface area (Å²) in [7, 11) is 1.21. The van der Waals surface area contributed by atoms with Gasteiger partial charge in [0.2, 0.25) is 6.29 Å². The quantitative estimate of drug-likeness (QED) is 0.387. The summed E-state index contributed by atoms with van der Waals surface area (Å²) in [6, 6.07) is 4.34. The highest BCUT2D eigenvalue weighted by Gasteiger charge is 2.35. The zero-order valence-electron chi connectivity index (χ0n) is 15.0. The number of ether oxygens (including phenoxy) is 3. The van der Waals surface area contributed by atoms with Gasteiger partial charge in [-0.25, -0.2) is 4.79 Å². The molecule has 0 saturated carbocycles. The van der Waals surface area contributed by atoms with Gasteiger partial charge >= 0.3 is 11.9 Å². The van der Waals surface area contributed by atoms with Crippen molar-refractivity contribution in [3.63, 3.8) is 0 Å². The lowest BCUT2D eigenvalue weighted by Crippen LogP contribution is -2.31. The molecule has 1 aromatic rings. The summed E-state index contributed by atoms with van der Waals surface area (Å²) in [5, 5.41) is 28.7. The number of aliphatic hydroxyl groups excluding tert-OH is 1. The molecule has 1 aliphatic rings. The Balaban J connectivity index is 1.99. The first kappa shape index (κ1) is 20.3. The summed E-state index contributed by atoms with van der Waals surface area (Å²) < 4.78 is 14.9. The number of rotatable bonds is 6. The van der Waals surface area contributed by atoms with Crippen molar-refractivity contribution in [1.82, 2.24) is 0 Å². The number of allylic oxidation sites excluding steroid dienone is 1. The molecule has 1 heterocycles. The summed E-state index contributed by atoms with van der Waals surface area (Å²) in [5.74, 6) is -2.41. The van der Waals surface area contributed by atoms with Crippen molar-refractivity contribution in [2.75, 3.05) is 13.7 Å². The van der Waals surface area contributed by atoms with Crippen LogP contribution in [0.1, 0.15) is 18.9 Å². The fourth-order valence-corrected chi connectivity index (χ4v) is 2.76. The van der Waals surface area contributed by atoms with Crippen molar-refractivity contribution in [1.29, 1.82) is 0 Å². The van der Waals surface area contributed by atoms with E-state index in [-0.39, 0.29) is 30.1 Å². The van der Waals surface area contributed by atoms with Crippen LogP contribution in [0.5, 0.6) is 11.5 Å². The number of aliphatic hydroxyl groups is 1. The Kier molecular flexibility index (Phi) is 6.84. The second kappa shape index (κ2) is 9.09. The zero-order valence-corrected chi connectivity index (χ0v) is 15.0. The van der Waals surface area contributed by atoms with Gasteiger partial charge in [-0.15, -0.1) is 0 Å².